The monoisotopic (exact) mass is 252 g/mol. The summed E-state index contributed by atoms with van der Waals surface area (Å²) in [6.45, 7) is 3.99. The number of carbonyl (C=O) groups excluding carboxylic acids is 1. The first-order valence-corrected chi connectivity index (χ1v) is 7.55. The molecule has 0 amide bonds. The zero-order chi connectivity index (χ0) is 12.7. The number of Topliss-reactive ketones (excluding diaryl/α,β-unsaturated/α-hetero) is 1. The van der Waals surface area contributed by atoms with Gasteiger partial charge in [-0.2, -0.15) is 0 Å². The van der Waals surface area contributed by atoms with Crippen LogP contribution in [-0.4, -0.2) is 21.0 Å². The molecule has 1 aromatic carbocycles. The highest BCUT2D eigenvalue weighted by molar-refractivity contribution is 7.86. The van der Waals surface area contributed by atoms with E-state index in [0.717, 1.165) is 12.8 Å². The Morgan fingerprint density at radius 2 is 1.88 bits per heavy atom. The van der Waals surface area contributed by atoms with E-state index in [1.807, 2.05) is 25.1 Å². The van der Waals surface area contributed by atoms with Crippen LogP contribution < -0.4 is 0 Å². The predicted octanol–water partition coefficient (Wildman–Crippen LogP) is 3.20. The highest BCUT2D eigenvalue weighted by Gasteiger charge is 2.23. The Morgan fingerprint density at radius 1 is 1.24 bits per heavy atom. The quantitative estimate of drug-likeness (QED) is 0.698. The lowest BCUT2D eigenvalue weighted by Crippen LogP contribution is -2.27. The van der Waals surface area contributed by atoms with Crippen LogP contribution in [0.5, 0.6) is 0 Å². The summed E-state index contributed by atoms with van der Waals surface area (Å²) in [6.07, 6.45) is 2.58. The average molecular weight is 252 g/mol. The molecule has 17 heavy (non-hydrogen) atoms. The fraction of sp³-hybridized carbons (Fsp3) is 0.500. The van der Waals surface area contributed by atoms with Gasteiger partial charge in [0.1, 0.15) is 0 Å². The van der Waals surface area contributed by atoms with Crippen molar-refractivity contribution in [3.63, 3.8) is 0 Å². The maximum Gasteiger partial charge on any atom is 0.178 e. The Bertz CT molecular complexity index is 373. The van der Waals surface area contributed by atoms with Gasteiger partial charge in [-0.05, 0) is 12.8 Å². The minimum absolute atomic E-state index is 0.0162. The number of unbranched alkanes of at least 4 members (excludes halogenated alkanes) is 1. The highest BCUT2D eigenvalue weighted by Crippen LogP contribution is 2.12. The minimum atomic E-state index is -1.04. The largest absolute Gasteiger partial charge is 0.293 e. The smallest absolute Gasteiger partial charge is 0.178 e. The summed E-state index contributed by atoms with van der Waals surface area (Å²) in [5, 5.41) is -0.344. The molecule has 2 unspecified atom stereocenters. The summed E-state index contributed by atoms with van der Waals surface area (Å²) in [5.74, 6) is 0.649. The van der Waals surface area contributed by atoms with Crippen LogP contribution >= 0.6 is 0 Å². The zero-order valence-corrected chi connectivity index (χ0v) is 11.3. The number of benzene rings is 1. The Morgan fingerprint density at radius 3 is 2.41 bits per heavy atom. The van der Waals surface area contributed by atoms with Gasteiger partial charge in [-0.3, -0.25) is 9.00 Å². The first-order chi connectivity index (χ1) is 8.20. The summed E-state index contributed by atoms with van der Waals surface area (Å²) >= 11 is 0. The van der Waals surface area contributed by atoms with Gasteiger partial charge < -0.3 is 0 Å². The molecule has 0 bridgehead atoms. The third-order valence-corrected chi connectivity index (χ3v) is 4.61. The van der Waals surface area contributed by atoms with Crippen LogP contribution in [0.1, 0.15) is 43.5 Å². The van der Waals surface area contributed by atoms with E-state index in [9.17, 15) is 9.00 Å². The highest BCUT2D eigenvalue weighted by atomic mass is 32.2. The van der Waals surface area contributed by atoms with E-state index in [-0.39, 0.29) is 11.0 Å². The molecule has 2 atom stereocenters. The number of rotatable bonds is 7. The van der Waals surface area contributed by atoms with Crippen LogP contribution in [-0.2, 0) is 10.8 Å². The lowest BCUT2D eigenvalue weighted by atomic mass is 10.1. The summed E-state index contributed by atoms with van der Waals surface area (Å²) in [7, 11) is -1.04. The van der Waals surface area contributed by atoms with Gasteiger partial charge in [-0.25, -0.2) is 0 Å². The predicted molar refractivity (Wildman–Crippen MR) is 72.8 cm³/mol. The van der Waals surface area contributed by atoms with E-state index in [1.54, 1.807) is 12.1 Å². The first-order valence-electron chi connectivity index (χ1n) is 6.17. The molecule has 0 heterocycles. The van der Waals surface area contributed by atoms with Gasteiger partial charge in [-0.1, -0.05) is 50.6 Å². The van der Waals surface area contributed by atoms with Crippen LogP contribution in [0, 0.1) is 0 Å². The number of hydrogen-bond donors (Lipinski definition) is 0. The maximum atomic E-state index is 12.2. The molecule has 0 aliphatic rings. The van der Waals surface area contributed by atoms with Gasteiger partial charge in [0.25, 0.3) is 0 Å². The van der Waals surface area contributed by atoms with Gasteiger partial charge in [0.15, 0.2) is 5.78 Å². The normalized spacial score (nSPS) is 14.2. The van der Waals surface area contributed by atoms with Gasteiger partial charge in [-0.15, -0.1) is 0 Å². The van der Waals surface area contributed by atoms with Crippen molar-refractivity contribution in [2.45, 2.75) is 38.4 Å². The minimum Gasteiger partial charge on any atom is -0.293 e. The topological polar surface area (TPSA) is 34.1 Å². The maximum absolute atomic E-state index is 12.2. The third kappa shape index (κ3) is 4.08. The molecule has 0 spiro atoms. The van der Waals surface area contributed by atoms with Crippen molar-refractivity contribution in [2.75, 3.05) is 5.75 Å². The Labute approximate surface area is 106 Å². The summed E-state index contributed by atoms with van der Waals surface area (Å²) in [6, 6.07) is 9.15. The molecular formula is C14H20O2S. The van der Waals surface area contributed by atoms with Crippen molar-refractivity contribution < 1.29 is 9.00 Å². The summed E-state index contributed by atoms with van der Waals surface area (Å²) < 4.78 is 12.0. The van der Waals surface area contributed by atoms with Crippen LogP contribution in [0.2, 0.25) is 0 Å². The molecule has 0 aromatic heterocycles. The van der Waals surface area contributed by atoms with Crippen LogP contribution in [0.3, 0.4) is 0 Å². The Balaban J connectivity index is 2.74. The molecule has 1 rings (SSSR count). The lowest BCUT2D eigenvalue weighted by Gasteiger charge is -2.13. The van der Waals surface area contributed by atoms with Gasteiger partial charge in [0.05, 0.1) is 5.25 Å². The van der Waals surface area contributed by atoms with E-state index in [1.165, 1.54) is 0 Å². The van der Waals surface area contributed by atoms with Crippen molar-refractivity contribution in [2.24, 2.45) is 0 Å². The van der Waals surface area contributed by atoms with Crippen molar-refractivity contribution in [3.05, 3.63) is 35.9 Å². The molecule has 1 aromatic rings. The third-order valence-electron chi connectivity index (χ3n) is 2.74. The van der Waals surface area contributed by atoms with E-state index < -0.39 is 10.8 Å². The van der Waals surface area contributed by atoms with E-state index in [4.69, 9.17) is 0 Å². The van der Waals surface area contributed by atoms with Crippen LogP contribution in [0.15, 0.2) is 30.3 Å². The average Bonchev–Trinajstić information content (AvgIpc) is 2.38. The fourth-order valence-electron chi connectivity index (χ4n) is 1.71. The molecule has 0 radical (unpaired) electrons. The van der Waals surface area contributed by atoms with E-state index in [2.05, 4.69) is 6.92 Å². The molecule has 2 nitrogen and oxygen atoms in total. The Hall–Kier alpha value is -0.960. The van der Waals surface area contributed by atoms with Gasteiger partial charge in [0.2, 0.25) is 0 Å². The standard InChI is InChI=1S/C14H20O2S/c1-3-5-11-17(16)13(4-2)14(15)12-9-7-6-8-10-12/h6-10,13H,3-5,11H2,1-2H3. The SMILES string of the molecule is CCCCS(=O)C(CC)C(=O)c1ccccc1. The summed E-state index contributed by atoms with van der Waals surface area (Å²) in [4.78, 5) is 12.2. The second kappa shape index (κ2) is 7.38. The fourth-order valence-corrected chi connectivity index (χ4v) is 3.31. The lowest BCUT2D eigenvalue weighted by molar-refractivity contribution is 0.0986. The van der Waals surface area contributed by atoms with Gasteiger partial charge >= 0.3 is 0 Å². The molecule has 0 fully saturated rings. The number of carbonyl (C=O) groups is 1. The van der Waals surface area contributed by atoms with E-state index in [0.29, 0.717) is 17.7 Å². The molecule has 94 valence electrons. The second-order valence-corrected chi connectivity index (χ2v) is 5.80. The molecule has 0 saturated carbocycles. The number of ketones is 1. The molecule has 0 aliphatic carbocycles. The van der Waals surface area contributed by atoms with Crippen molar-refractivity contribution in [3.8, 4) is 0 Å². The van der Waals surface area contributed by atoms with Crippen molar-refractivity contribution >= 4 is 16.6 Å². The van der Waals surface area contributed by atoms with Crippen LogP contribution in [0.25, 0.3) is 0 Å². The molecule has 3 heteroatoms. The van der Waals surface area contributed by atoms with E-state index >= 15 is 0 Å². The zero-order valence-electron chi connectivity index (χ0n) is 10.5. The van der Waals surface area contributed by atoms with Crippen molar-refractivity contribution in [1.29, 1.82) is 0 Å². The molecule has 0 saturated heterocycles. The molecule has 0 N–H and O–H groups in total. The second-order valence-electron chi connectivity index (χ2n) is 4.07. The summed E-state index contributed by atoms with van der Waals surface area (Å²) in [5.41, 5.74) is 0.671. The van der Waals surface area contributed by atoms with Crippen molar-refractivity contribution in [1.82, 2.24) is 0 Å². The Kier molecular flexibility index (Phi) is 6.12. The first kappa shape index (κ1) is 14.1. The molecular weight excluding hydrogens is 232 g/mol. The number of hydrogen-bond acceptors (Lipinski definition) is 2. The van der Waals surface area contributed by atoms with Gasteiger partial charge in [0, 0.05) is 22.1 Å². The molecule has 0 aliphatic heterocycles. The van der Waals surface area contributed by atoms with Crippen LogP contribution in [0.4, 0.5) is 0 Å².